The number of nitrogens with zero attached hydrogens (tertiary/aromatic N) is 3. The molecule has 2 rings (SSSR count). The lowest BCUT2D eigenvalue weighted by molar-refractivity contribution is -0.135. The number of benzene rings is 1. The fourth-order valence-electron chi connectivity index (χ4n) is 2.98. The number of urea groups is 1. The average Bonchev–Trinajstić information content (AvgIpc) is 2.63. The van der Waals surface area contributed by atoms with Gasteiger partial charge in [-0.05, 0) is 25.6 Å². The second-order valence-corrected chi connectivity index (χ2v) is 6.97. The smallest absolute Gasteiger partial charge is 0.317 e. The molecular formula is C19H29FN4O2. The van der Waals surface area contributed by atoms with Crippen LogP contribution in [0.2, 0.25) is 0 Å². The van der Waals surface area contributed by atoms with Gasteiger partial charge in [-0.15, -0.1) is 0 Å². The fourth-order valence-corrected chi connectivity index (χ4v) is 2.98. The van der Waals surface area contributed by atoms with Crippen molar-refractivity contribution < 1.29 is 14.0 Å². The van der Waals surface area contributed by atoms with Crippen molar-refractivity contribution in [3.8, 4) is 0 Å². The Morgan fingerprint density at radius 3 is 2.73 bits per heavy atom. The Morgan fingerprint density at radius 1 is 1.35 bits per heavy atom. The van der Waals surface area contributed by atoms with E-state index in [1.54, 1.807) is 23.1 Å². The van der Waals surface area contributed by atoms with Gasteiger partial charge in [-0.1, -0.05) is 32.0 Å². The van der Waals surface area contributed by atoms with Crippen LogP contribution in [0.3, 0.4) is 0 Å². The summed E-state index contributed by atoms with van der Waals surface area (Å²) in [5, 5.41) is 2.91. The highest BCUT2D eigenvalue weighted by molar-refractivity contribution is 5.85. The maximum Gasteiger partial charge on any atom is 0.317 e. The van der Waals surface area contributed by atoms with Crippen LogP contribution in [0.1, 0.15) is 19.4 Å². The Morgan fingerprint density at radius 2 is 2.08 bits per heavy atom. The van der Waals surface area contributed by atoms with E-state index in [1.165, 1.54) is 11.0 Å². The molecule has 1 atom stereocenters. The topological polar surface area (TPSA) is 55.9 Å². The van der Waals surface area contributed by atoms with Crippen LogP contribution >= 0.6 is 0 Å². The van der Waals surface area contributed by atoms with Gasteiger partial charge in [0, 0.05) is 38.3 Å². The van der Waals surface area contributed by atoms with Gasteiger partial charge in [-0.25, -0.2) is 9.18 Å². The summed E-state index contributed by atoms with van der Waals surface area (Å²) in [7, 11) is 2.05. The van der Waals surface area contributed by atoms with Gasteiger partial charge >= 0.3 is 6.03 Å². The highest BCUT2D eigenvalue weighted by Crippen LogP contribution is 2.13. The van der Waals surface area contributed by atoms with Crippen LogP contribution in [0.25, 0.3) is 0 Å². The monoisotopic (exact) mass is 364 g/mol. The number of piperazine rings is 1. The van der Waals surface area contributed by atoms with Gasteiger partial charge in [0.25, 0.3) is 0 Å². The molecule has 1 aromatic rings. The van der Waals surface area contributed by atoms with Crippen LogP contribution in [0.15, 0.2) is 24.3 Å². The number of rotatable bonds is 7. The standard InChI is InChI=1S/C19H29FN4O2/c1-4-22(3)12-15(2)11-21-19(26)24-10-9-23(18(25)14-24)13-16-7-5-6-8-17(16)20/h5-8,15H,4,9-14H2,1-3H3,(H,21,26)/t15-/m0/s1. The van der Waals surface area contributed by atoms with E-state index in [9.17, 15) is 14.0 Å². The number of hydrogen-bond acceptors (Lipinski definition) is 3. The highest BCUT2D eigenvalue weighted by Gasteiger charge is 2.27. The number of carbonyl (C=O) groups excluding carboxylic acids is 2. The average molecular weight is 364 g/mol. The van der Waals surface area contributed by atoms with Gasteiger partial charge in [-0.3, -0.25) is 4.79 Å². The maximum absolute atomic E-state index is 13.8. The number of amides is 3. The van der Waals surface area contributed by atoms with Crippen molar-refractivity contribution in [2.24, 2.45) is 5.92 Å². The van der Waals surface area contributed by atoms with E-state index < -0.39 is 0 Å². The van der Waals surface area contributed by atoms with Gasteiger partial charge < -0.3 is 20.0 Å². The zero-order valence-electron chi connectivity index (χ0n) is 15.9. The minimum Gasteiger partial charge on any atom is -0.338 e. The molecule has 1 N–H and O–H groups in total. The Kier molecular flexibility index (Phi) is 7.38. The molecule has 0 aliphatic carbocycles. The van der Waals surface area contributed by atoms with Crippen LogP contribution < -0.4 is 5.32 Å². The minimum atomic E-state index is -0.313. The molecule has 0 bridgehead atoms. The van der Waals surface area contributed by atoms with Gasteiger partial charge in [0.15, 0.2) is 0 Å². The summed E-state index contributed by atoms with van der Waals surface area (Å²) in [6.07, 6.45) is 0. The Bertz CT molecular complexity index is 625. The molecular weight excluding hydrogens is 335 g/mol. The summed E-state index contributed by atoms with van der Waals surface area (Å²) in [6.45, 7) is 7.77. The Hall–Kier alpha value is -2.15. The maximum atomic E-state index is 13.8. The molecule has 1 heterocycles. The third-order valence-electron chi connectivity index (χ3n) is 4.69. The quantitative estimate of drug-likeness (QED) is 0.802. The Labute approximate surface area is 154 Å². The Balaban J connectivity index is 1.79. The third-order valence-corrected chi connectivity index (χ3v) is 4.69. The van der Waals surface area contributed by atoms with Crippen molar-refractivity contribution in [2.45, 2.75) is 20.4 Å². The molecule has 0 radical (unpaired) electrons. The van der Waals surface area contributed by atoms with E-state index in [-0.39, 0.29) is 30.8 Å². The van der Waals surface area contributed by atoms with E-state index in [4.69, 9.17) is 0 Å². The predicted molar refractivity (Wildman–Crippen MR) is 99.1 cm³/mol. The van der Waals surface area contributed by atoms with E-state index in [0.29, 0.717) is 31.1 Å². The molecule has 3 amide bonds. The van der Waals surface area contributed by atoms with Crippen molar-refractivity contribution in [3.05, 3.63) is 35.6 Å². The van der Waals surface area contributed by atoms with Crippen LogP contribution in [0.5, 0.6) is 0 Å². The number of carbonyl (C=O) groups is 2. The molecule has 1 aliphatic heterocycles. The second-order valence-electron chi connectivity index (χ2n) is 6.97. The van der Waals surface area contributed by atoms with Gasteiger partial charge in [0.1, 0.15) is 12.4 Å². The molecule has 144 valence electrons. The minimum absolute atomic E-state index is 0.0313. The zero-order chi connectivity index (χ0) is 19.1. The third kappa shape index (κ3) is 5.69. The molecule has 1 fully saturated rings. The van der Waals surface area contributed by atoms with E-state index in [1.807, 2.05) is 7.05 Å². The SMILES string of the molecule is CCN(C)C[C@@H](C)CNC(=O)N1CCN(Cc2ccccc2F)C(=O)C1. The normalized spacial score (nSPS) is 16.1. The second kappa shape index (κ2) is 9.52. The first-order valence-corrected chi connectivity index (χ1v) is 9.13. The van der Waals surface area contributed by atoms with Crippen molar-refractivity contribution in [2.75, 3.05) is 46.3 Å². The van der Waals surface area contributed by atoms with Crippen molar-refractivity contribution in [3.63, 3.8) is 0 Å². The van der Waals surface area contributed by atoms with Gasteiger partial charge in [0.2, 0.25) is 5.91 Å². The lowest BCUT2D eigenvalue weighted by Crippen LogP contribution is -2.54. The van der Waals surface area contributed by atoms with Crippen molar-refractivity contribution in [1.29, 1.82) is 0 Å². The lowest BCUT2D eigenvalue weighted by Gasteiger charge is -2.34. The van der Waals surface area contributed by atoms with Gasteiger partial charge in [-0.2, -0.15) is 0 Å². The molecule has 1 saturated heterocycles. The molecule has 26 heavy (non-hydrogen) atoms. The number of hydrogen-bond donors (Lipinski definition) is 1. The molecule has 1 aliphatic rings. The molecule has 0 spiro atoms. The molecule has 1 aromatic carbocycles. The fraction of sp³-hybridized carbons (Fsp3) is 0.579. The summed E-state index contributed by atoms with van der Waals surface area (Å²) in [4.78, 5) is 29.9. The summed E-state index contributed by atoms with van der Waals surface area (Å²) < 4.78 is 13.8. The van der Waals surface area contributed by atoms with Crippen LogP contribution in [0, 0.1) is 11.7 Å². The predicted octanol–water partition coefficient (Wildman–Crippen LogP) is 1.77. The number of halogens is 1. The lowest BCUT2D eigenvalue weighted by atomic mass is 10.1. The van der Waals surface area contributed by atoms with E-state index in [0.717, 1.165) is 13.1 Å². The molecule has 6 nitrogen and oxygen atoms in total. The van der Waals surface area contributed by atoms with Crippen molar-refractivity contribution in [1.82, 2.24) is 20.0 Å². The van der Waals surface area contributed by atoms with Crippen LogP contribution in [-0.4, -0.2) is 73.0 Å². The molecule has 0 unspecified atom stereocenters. The summed E-state index contributed by atoms with van der Waals surface area (Å²) in [5.74, 6) is -0.137. The van der Waals surface area contributed by atoms with E-state index in [2.05, 4.69) is 24.1 Å². The molecule has 0 aromatic heterocycles. The largest absolute Gasteiger partial charge is 0.338 e. The zero-order valence-corrected chi connectivity index (χ0v) is 15.9. The molecule has 0 saturated carbocycles. The molecule has 7 heteroatoms. The summed E-state index contributed by atoms with van der Waals surface area (Å²) >= 11 is 0. The highest BCUT2D eigenvalue weighted by atomic mass is 19.1. The first kappa shape index (κ1) is 20.2. The summed E-state index contributed by atoms with van der Waals surface area (Å²) in [6, 6.07) is 6.23. The van der Waals surface area contributed by atoms with Crippen molar-refractivity contribution >= 4 is 11.9 Å². The van der Waals surface area contributed by atoms with E-state index >= 15 is 0 Å². The van der Waals surface area contributed by atoms with Crippen LogP contribution in [-0.2, 0) is 11.3 Å². The van der Waals surface area contributed by atoms with Crippen LogP contribution in [0.4, 0.5) is 9.18 Å². The van der Waals surface area contributed by atoms with Gasteiger partial charge in [0.05, 0.1) is 0 Å². The summed E-state index contributed by atoms with van der Waals surface area (Å²) in [5.41, 5.74) is 0.493. The number of nitrogens with one attached hydrogen (secondary N) is 1. The first-order valence-electron chi connectivity index (χ1n) is 9.13. The first-order chi connectivity index (χ1) is 12.4.